The highest BCUT2D eigenvalue weighted by molar-refractivity contribution is 6.76. The minimum atomic E-state index is -1.10. The summed E-state index contributed by atoms with van der Waals surface area (Å²) in [6.45, 7) is 11.1. The van der Waals surface area contributed by atoms with Gasteiger partial charge >= 0.3 is 0 Å². The molecule has 0 heterocycles. The zero-order valence-corrected chi connectivity index (χ0v) is 11.5. The van der Waals surface area contributed by atoms with Gasteiger partial charge in [0.15, 0.2) is 0 Å². The fraction of sp³-hybridized carbons (Fsp3) is 0.429. The van der Waals surface area contributed by atoms with Gasteiger partial charge in [0.25, 0.3) is 0 Å². The molecule has 0 unspecified atom stereocenters. The van der Waals surface area contributed by atoms with Crippen molar-refractivity contribution in [3.63, 3.8) is 0 Å². The minimum Gasteiger partial charge on any atom is -0.388 e. The lowest BCUT2D eigenvalue weighted by Crippen LogP contribution is -2.20. The van der Waals surface area contributed by atoms with E-state index < -0.39 is 14.2 Å². The second-order valence-corrected chi connectivity index (χ2v) is 11.1. The molecule has 0 aliphatic heterocycles. The molecule has 0 spiro atoms. The topological polar surface area (TPSA) is 20.2 Å². The molecule has 1 nitrogen and oxygen atoms in total. The highest BCUT2D eigenvalue weighted by Gasteiger charge is 2.16. The van der Waals surface area contributed by atoms with Crippen LogP contribution in [-0.2, 0) is 0 Å². The van der Waals surface area contributed by atoms with Crippen LogP contribution in [-0.4, -0.2) is 13.2 Å². The van der Waals surface area contributed by atoms with Gasteiger partial charge in [0.2, 0.25) is 0 Å². The summed E-state index contributed by atoms with van der Waals surface area (Å²) in [5.41, 5.74) is 2.16. The molecular formula is C14H22OSi. The molecule has 0 saturated heterocycles. The Balaban J connectivity index is 2.52. The molecule has 0 amide bonds. The number of aliphatic hydroxyl groups excluding tert-OH is 1. The van der Waals surface area contributed by atoms with Gasteiger partial charge in [-0.2, -0.15) is 0 Å². The van der Waals surface area contributed by atoms with Gasteiger partial charge in [-0.25, -0.2) is 0 Å². The minimum absolute atomic E-state index is 0.398. The third-order valence-corrected chi connectivity index (χ3v) is 4.01. The summed E-state index contributed by atoms with van der Waals surface area (Å²) in [5, 5.41) is 10.0. The van der Waals surface area contributed by atoms with Crippen LogP contribution in [0.1, 0.15) is 18.1 Å². The van der Waals surface area contributed by atoms with E-state index in [0.29, 0.717) is 6.42 Å². The molecule has 2 heteroatoms. The summed E-state index contributed by atoms with van der Waals surface area (Å²) < 4.78 is 0. The molecular weight excluding hydrogens is 212 g/mol. The van der Waals surface area contributed by atoms with Crippen molar-refractivity contribution >= 4 is 8.07 Å². The van der Waals surface area contributed by atoms with Gasteiger partial charge in [0.1, 0.15) is 0 Å². The predicted molar refractivity (Wildman–Crippen MR) is 73.3 cm³/mol. The number of hydrogen-bond acceptors (Lipinski definition) is 1. The first-order valence-electron chi connectivity index (χ1n) is 5.78. The predicted octanol–water partition coefficient (Wildman–Crippen LogP) is 4.00. The Labute approximate surface area is 99.8 Å². The largest absolute Gasteiger partial charge is 0.388 e. The van der Waals surface area contributed by atoms with E-state index in [1.54, 1.807) is 0 Å². The molecule has 1 aromatic rings. The SMILES string of the molecule is C=C(C[C@H](O)c1ccccc1)C[Si](C)(C)C. The molecule has 1 aromatic carbocycles. The molecule has 0 aliphatic rings. The molecule has 1 N–H and O–H groups in total. The van der Waals surface area contributed by atoms with Crippen LogP contribution >= 0.6 is 0 Å². The molecule has 0 fully saturated rings. The van der Waals surface area contributed by atoms with Gasteiger partial charge < -0.3 is 5.11 Å². The zero-order valence-electron chi connectivity index (χ0n) is 10.5. The van der Waals surface area contributed by atoms with Crippen molar-refractivity contribution in [3.05, 3.63) is 48.0 Å². The average Bonchev–Trinajstić information content (AvgIpc) is 2.16. The van der Waals surface area contributed by atoms with Gasteiger partial charge in [-0.15, -0.1) is 6.58 Å². The summed E-state index contributed by atoms with van der Waals surface area (Å²) in [7, 11) is -1.10. The van der Waals surface area contributed by atoms with Crippen LogP contribution in [0, 0.1) is 0 Å². The highest BCUT2D eigenvalue weighted by atomic mass is 28.3. The normalized spacial score (nSPS) is 13.5. The Morgan fingerprint density at radius 2 is 1.81 bits per heavy atom. The molecule has 0 saturated carbocycles. The first-order valence-corrected chi connectivity index (χ1v) is 9.49. The molecule has 16 heavy (non-hydrogen) atoms. The van der Waals surface area contributed by atoms with Crippen molar-refractivity contribution < 1.29 is 5.11 Å². The van der Waals surface area contributed by atoms with Gasteiger partial charge in [-0.05, 0) is 18.0 Å². The summed E-state index contributed by atoms with van der Waals surface area (Å²) >= 11 is 0. The highest BCUT2D eigenvalue weighted by Crippen LogP contribution is 2.25. The van der Waals surface area contributed by atoms with E-state index in [2.05, 4.69) is 26.2 Å². The lowest BCUT2D eigenvalue weighted by atomic mass is 10.0. The Hall–Kier alpha value is -0.863. The van der Waals surface area contributed by atoms with Gasteiger partial charge in [-0.1, -0.05) is 55.5 Å². The first kappa shape index (κ1) is 13.2. The summed E-state index contributed by atoms with van der Waals surface area (Å²) in [6, 6.07) is 10.9. The van der Waals surface area contributed by atoms with Crippen molar-refractivity contribution in [1.82, 2.24) is 0 Å². The Morgan fingerprint density at radius 1 is 1.25 bits per heavy atom. The Bertz CT molecular complexity index is 338. The molecule has 88 valence electrons. The standard InChI is InChI=1S/C14H22OSi/c1-12(11-16(2,3)4)10-14(15)13-8-6-5-7-9-13/h5-9,14-15H,1,10-11H2,2-4H3/t14-/m0/s1. The van der Waals surface area contributed by atoms with Crippen molar-refractivity contribution in [3.8, 4) is 0 Å². The van der Waals surface area contributed by atoms with Gasteiger partial charge in [-0.3, -0.25) is 0 Å². The van der Waals surface area contributed by atoms with E-state index in [0.717, 1.165) is 11.6 Å². The lowest BCUT2D eigenvalue weighted by molar-refractivity contribution is 0.178. The van der Waals surface area contributed by atoms with E-state index in [1.807, 2.05) is 30.3 Å². The second kappa shape index (κ2) is 5.46. The van der Waals surface area contributed by atoms with Crippen molar-refractivity contribution in [2.45, 2.75) is 38.2 Å². The van der Waals surface area contributed by atoms with Crippen molar-refractivity contribution in [1.29, 1.82) is 0 Å². The van der Waals surface area contributed by atoms with E-state index >= 15 is 0 Å². The molecule has 0 radical (unpaired) electrons. The maximum atomic E-state index is 10.0. The van der Waals surface area contributed by atoms with Crippen molar-refractivity contribution in [2.75, 3.05) is 0 Å². The maximum Gasteiger partial charge on any atom is 0.0826 e. The number of rotatable bonds is 5. The molecule has 1 rings (SSSR count). The van der Waals surface area contributed by atoms with Crippen molar-refractivity contribution in [2.24, 2.45) is 0 Å². The van der Waals surface area contributed by atoms with E-state index in [1.165, 1.54) is 5.57 Å². The quantitative estimate of drug-likeness (QED) is 0.603. The number of benzene rings is 1. The van der Waals surface area contributed by atoms with E-state index in [9.17, 15) is 5.11 Å². The Morgan fingerprint density at radius 3 is 2.31 bits per heavy atom. The summed E-state index contributed by atoms with van der Waals surface area (Å²) in [4.78, 5) is 0. The van der Waals surface area contributed by atoms with Crippen LogP contribution in [0.25, 0.3) is 0 Å². The maximum absolute atomic E-state index is 10.0. The summed E-state index contributed by atoms with van der Waals surface area (Å²) in [5.74, 6) is 0. The fourth-order valence-electron chi connectivity index (χ4n) is 1.89. The van der Waals surface area contributed by atoms with Crippen LogP contribution in [0.2, 0.25) is 25.7 Å². The van der Waals surface area contributed by atoms with E-state index in [-0.39, 0.29) is 0 Å². The molecule has 1 atom stereocenters. The van der Waals surface area contributed by atoms with Crippen LogP contribution in [0.3, 0.4) is 0 Å². The molecule has 0 aromatic heterocycles. The van der Waals surface area contributed by atoms with Crippen LogP contribution in [0.4, 0.5) is 0 Å². The first-order chi connectivity index (χ1) is 7.38. The van der Waals surface area contributed by atoms with Crippen LogP contribution in [0.15, 0.2) is 42.5 Å². The fourth-order valence-corrected chi connectivity index (χ4v) is 3.53. The Kier molecular flexibility index (Phi) is 4.51. The number of aliphatic hydroxyl groups is 1. The number of hydrogen-bond donors (Lipinski definition) is 1. The second-order valence-electron chi connectivity index (χ2n) is 5.62. The monoisotopic (exact) mass is 234 g/mol. The lowest BCUT2D eigenvalue weighted by Gasteiger charge is -2.19. The van der Waals surface area contributed by atoms with Gasteiger partial charge in [0, 0.05) is 8.07 Å². The zero-order chi connectivity index (χ0) is 12.2. The average molecular weight is 234 g/mol. The third-order valence-electron chi connectivity index (χ3n) is 2.45. The van der Waals surface area contributed by atoms with Crippen LogP contribution < -0.4 is 0 Å². The van der Waals surface area contributed by atoms with Crippen LogP contribution in [0.5, 0.6) is 0 Å². The molecule has 0 bridgehead atoms. The smallest absolute Gasteiger partial charge is 0.0826 e. The third kappa shape index (κ3) is 4.77. The molecule has 0 aliphatic carbocycles. The van der Waals surface area contributed by atoms with E-state index in [4.69, 9.17) is 0 Å². The van der Waals surface area contributed by atoms with Gasteiger partial charge in [0.05, 0.1) is 6.10 Å². The summed E-state index contributed by atoms with van der Waals surface area (Å²) in [6.07, 6.45) is 0.291.